The average molecular weight is 277 g/mol. The fraction of sp³-hybridized carbons (Fsp3) is 0.467. The molecular weight excluding hydrogens is 254 g/mol. The highest BCUT2D eigenvalue weighted by Gasteiger charge is 2.14. The number of amides is 2. The molecule has 0 spiro atoms. The zero-order chi connectivity index (χ0) is 15.1. The smallest absolute Gasteiger partial charge is 0.251 e. The Hall–Kier alpha value is -1.88. The molecule has 1 atom stereocenters. The number of benzene rings is 1. The standard InChI is InChI=1S/C15H23N3O2/c1-4-6-12(16)15(20)18-13-9-11(8-7-10(13)3)14(19)17-5-2/h7-9,12H,4-6,16H2,1-3H3,(H,17,19)(H,18,20)/t12-/m1/s1. The summed E-state index contributed by atoms with van der Waals surface area (Å²) >= 11 is 0. The number of hydrogen-bond donors (Lipinski definition) is 3. The van der Waals surface area contributed by atoms with Crippen molar-refractivity contribution in [3.63, 3.8) is 0 Å². The molecule has 1 rings (SSSR count). The maximum Gasteiger partial charge on any atom is 0.251 e. The molecular formula is C15H23N3O2. The van der Waals surface area contributed by atoms with Gasteiger partial charge in [-0.1, -0.05) is 19.4 Å². The van der Waals surface area contributed by atoms with Crippen LogP contribution in [0.2, 0.25) is 0 Å². The van der Waals surface area contributed by atoms with Gasteiger partial charge in [-0.25, -0.2) is 0 Å². The first-order valence-electron chi connectivity index (χ1n) is 6.94. The first kappa shape index (κ1) is 16.2. The molecule has 0 heterocycles. The molecule has 0 aromatic heterocycles. The fourth-order valence-electron chi connectivity index (χ4n) is 1.83. The van der Waals surface area contributed by atoms with Gasteiger partial charge in [-0.05, 0) is 38.0 Å². The summed E-state index contributed by atoms with van der Waals surface area (Å²) in [4.78, 5) is 23.7. The summed E-state index contributed by atoms with van der Waals surface area (Å²) in [6.07, 6.45) is 1.49. The molecule has 1 aromatic rings. The second-order valence-corrected chi connectivity index (χ2v) is 4.77. The second-order valence-electron chi connectivity index (χ2n) is 4.77. The van der Waals surface area contributed by atoms with Crippen LogP contribution in [-0.4, -0.2) is 24.4 Å². The first-order valence-corrected chi connectivity index (χ1v) is 6.94. The van der Waals surface area contributed by atoms with Crippen LogP contribution in [0.3, 0.4) is 0 Å². The van der Waals surface area contributed by atoms with Crippen LogP contribution in [0.15, 0.2) is 18.2 Å². The van der Waals surface area contributed by atoms with E-state index in [1.807, 2.05) is 26.8 Å². The summed E-state index contributed by atoms with van der Waals surface area (Å²) in [5.74, 6) is -0.371. The minimum absolute atomic E-state index is 0.152. The lowest BCUT2D eigenvalue weighted by Gasteiger charge is -2.14. The van der Waals surface area contributed by atoms with E-state index in [4.69, 9.17) is 5.73 Å². The molecule has 4 N–H and O–H groups in total. The molecule has 0 aliphatic rings. The Bertz CT molecular complexity index is 486. The van der Waals surface area contributed by atoms with Crippen LogP contribution in [0.4, 0.5) is 5.69 Å². The van der Waals surface area contributed by atoms with Gasteiger partial charge in [-0.2, -0.15) is 0 Å². The van der Waals surface area contributed by atoms with Crippen molar-refractivity contribution in [2.24, 2.45) is 5.73 Å². The highest BCUT2D eigenvalue weighted by Crippen LogP contribution is 2.17. The zero-order valence-corrected chi connectivity index (χ0v) is 12.3. The van der Waals surface area contributed by atoms with Gasteiger partial charge >= 0.3 is 0 Å². The Labute approximate surface area is 119 Å². The predicted molar refractivity (Wildman–Crippen MR) is 80.7 cm³/mol. The largest absolute Gasteiger partial charge is 0.352 e. The SMILES string of the molecule is CCC[C@@H](N)C(=O)Nc1cc(C(=O)NCC)ccc1C. The maximum absolute atomic E-state index is 11.9. The normalized spacial score (nSPS) is 11.8. The molecule has 0 fully saturated rings. The van der Waals surface area contributed by atoms with Crippen LogP contribution >= 0.6 is 0 Å². The molecule has 0 radical (unpaired) electrons. The van der Waals surface area contributed by atoms with E-state index in [0.717, 1.165) is 12.0 Å². The van der Waals surface area contributed by atoms with Gasteiger partial charge in [0.1, 0.15) is 0 Å². The fourth-order valence-corrected chi connectivity index (χ4v) is 1.83. The third kappa shape index (κ3) is 4.35. The number of carbonyl (C=O) groups is 2. The van der Waals surface area contributed by atoms with Crippen molar-refractivity contribution in [3.8, 4) is 0 Å². The molecule has 0 saturated heterocycles. The first-order chi connectivity index (χ1) is 9.49. The predicted octanol–water partition coefficient (Wildman–Crippen LogP) is 1.81. The van der Waals surface area contributed by atoms with Gasteiger partial charge in [-0.3, -0.25) is 9.59 Å². The van der Waals surface area contributed by atoms with Gasteiger partial charge in [0, 0.05) is 17.8 Å². The van der Waals surface area contributed by atoms with Crippen molar-refractivity contribution >= 4 is 17.5 Å². The Balaban J connectivity index is 2.86. The molecule has 2 amide bonds. The van der Waals surface area contributed by atoms with Gasteiger partial charge in [0.05, 0.1) is 6.04 Å². The topological polar surface area (TPSA) is 84.2 Å². The molecule has 0 unspecified atom stereocenters. The van der Waals surface area contributed by atoms with E-state index in [-0.39, 0.29) is 11.8 Å². The summed E-state index contributed by atoms with van der Waals surface area (Å²) in [6, 6.07) is 4.71. The van der Waals surface area contributed by atoms with E-state index < -0.39 is 6.04 Å². The Kier molecular flexibility index (Phi) is 6.18. The van der Waals surface area contributed by atoms with E-state index in [0.29, 0.717) is 24.2 Å². The van der Waals surface area contributed by atoms with Crippen LogP contribution in [0.1, 0.15) is 42.6 Å². The van der Waals surface area contributed by atoms with E-state index in [1.165, 1.54) is 0 Å². The minimum atomic E-state index is -0.521. The highest BCUT2D eigenvalue weighted by molar-refractivity contribution is 5.99. The molecule has 20 heavy (non-hydrogen) atoms. The highest BCUT2D eigenvalue weighted by atomic mass is 16.2. The average Bonchev–Trinajstić information content (AvgIpc) is 2.41. The number of nitrogens with one attached hydrogen (secondary N) is 2. The van der Waals surface area contributed by atoms with Crippen LogP contribution in [0.25, 0.3) is 0 Å². The molecule has 5 nitrogen and oxygen atoms in total. The molecule has 110 valence electrons. The molecule has 0 aliphatic carbocycles. The summed E-state index contributed by atoms with van der Waals surface area (Å²) in [7, 11) is 0. The Morgan fingerprint density at radius 3 is 2.60 bits per heavy atom. The number of hydrogen-bond acceptors (Lipinski definition) is 3. The van der Waals surface area contributed by atoms with Crippen LogP contribution in [0.5, 0.6) is 0 Å². The number of aryl methyl sites for hydroxylation is 1. The Morgan fingerprint density at radius 2 is 2.00 bits per heavy atom. The summed E-state index contributed by atoms with van der Waals surface area (Å²) in [6.45, 7) is 6.28. The number of anilines is 1. The lowest BCUT2D eigenvalue weighted by atomic mass is 10.1. The third-order valence-electron chi connectivity index (χ3n) is 3.03. The number of nitrogens with two attached hydrogens (primary N) is 1. The van der Waals surface area contributed by atoms with E-state index in [9.17, 15) is 9.59 Å². The van der Waals surface area contributed by atoms with Crippen molar-refractivity contribution in [1.82, 2.24) is 5.32 Å². The number of carbonyl (C=O) groups excluding carboxylic acids is 2. The van der Waals surface area contributed by atoms with Crippen molar-refractivity contribution in [3.05, 3.63) is 29.3 Å². The van der Waals surface area contributed by atoms with E-state index in [2.05, 4.69) is 10.6 Å². The van der Waals surface area contributed by atoms with Crippen molar-refractivity contribution in [1.29, 1.82) is 0 Å². The summed E-state index contributed by atoms with van der Waals surface area (Å²) in [5.41, 5.74) is 7.83. The summed E-state index contributed by atoms with van der Waals surface area (Å²) < 4.78 is 0. The van der Waals surface area contributed by atoms with Crippen molar-refractivity contribution < 1.29 is 9.59 Å². The van der Waals surface area contributed by atoms with Crippen molar-refractivity contribution in [2.45, 2.75) is 39.7 Å². The van der Waals surface area contributed by atoms with Crippen molar-refractivity contribution in [2.75, 3.05) is 11.9 Å². The van der Waals surface area contributed by atoms with Gasteiger partial charge in [0.2, 0.25) is 5.91 Å². The zero-order valence-electron chi connectivity index (χ0n) is 12.3. The lowest BCUT2D eigenvalue weighted by Crippen LogP contribution is -2.35. The molecule has 1 aromatic carbocycles. The second kappa shape index (κ2) is 7.65. The van der Waals surface area contributed by atoms with Crippen LogP contribution in [0, 0.1) is 6.92 Å². The van der Waals surface area contributed by atoms with Gasteiger partial charge in [0.15, 0.2) is 0 Å². The number of rotatable bonds is 6. The lowest BCUT2D eigenvalue weighted by molar-refractivity contribution is -0.117. The maximum atomic E-state index is 11.9. The van der Waals surface area contributed by atoms with E-state index in [1.54, 1.807) is 12.1 Å². The molecule has 5 heteroatoms. The van der Waals surface area contributed by atoms with E-state index >= 15 is 0 Å². The van der Waals surface area contributed by atoms with Gasteiger partial charge < -0.3 is 16.4 Å². The van der Waals surface area contributed by atoms with Crippen LogP contribution in [-0.2, 0) is 4.79 Å². The van der Waals surface area contributed by atoms with Crippen LogP contribution < -0.4 is 16.4 Å². The van der Waals surface area contributed by atoms with Gasteiger partial charge in [0.25, 0.3) is 5.91 Å². The quantitative estimate of drug-likeness (QED) is 0.741. The minimum Gasteiger partial charge on any atom is -0.352 e. The summed E-state index contributed by atoms with van der Waals surface area (Å²) in [5, 5.41) is 5.52. The third-order valence-corrected chi connectivity index (χ3v) is 3.03. The molecule has 0 aliphatic heterocycles. The molecule has 0 bridgehead atoms. The van der Waals surface area contributed by atoms with Gasteiger partial charge in [-0.15, -0.1) is 0 Å². The monoisotopic (exact) mass is 277 g/mol. The Morgan fingerprint density at radius 1 is 1.30 bits per heavy atom. The molecule has 0 saturated carbocycles.